The summed E-state index contributed by atoms with van der Waals surface area (Å²) in [6.07, 6.45) is 0. The molecule has 2 N–H and O–H groups in total. The van der Waals surface area contributed by atoms with Gasteiger partial charge in [0.05, 0.1) is 13.7 Å². The number of hydrogen-bond donors (Lipinski definition) is 1. The second kappa shape index (κ2) is 3.92. The van der Waals surface area contributed by atoms with Crippen LogP contribution in [0.15, 0.2) is 18.2 Å². The van der Waals surface area contributed by atoms with E-state index in [0.29, 0.717) is 5.75 Å². The number of ether oxygens (including phenoxy) is 1. The number of nitrogens with two attached hydrogens (primary N) is 1. The lowest BCUT2D eigenvalue weighted by molar-refractivity contribution is 0.00575. The molecule has 0 aliphatic heterocycles. The fourth-order valence-corrected chi connectivity index (χ4v) is 1.17. The van der Waals surface area contributed by atoms with Crippen LogP contribution in [0.25, 0.3) is 0 Å². The smallest absolute Gasteiger partial charge is 0.285 e. The molecule has 0 aromatic heterocycles. The molecule has 2 nitrogen and oxygen atoms in total. The molecule has 0 spiro atoms. The number of alkyl halides is 2. The Morgan fingerprint density at radius 1 is 1.43 bits per heavy atom. The maximum atomic E-state index is 13.2. The van der Waals surface area contributed by atoms with Crippen molar-refractivity contribution in [3.8, 4) is 5.75 Å². The van der Waals surface area contributed by atoms with Gasteiger partial charge in [-0.15, -0.1) is 0 Å². The Labute approximate surface area is 81.7 Å². The van der Waals surface area contributed by atoms with E-state index < -0.39 is 12.5 Å². The van der Waals surface area contributed by atoms with Crippen LogP contribution < -0.4 is 10.5 Å². The zero-order valence-corrected chi connectivity index (χ0v) is 8.18. The van der Waals surface area contributed by atoms with Crippen molar-refractivity contribution in [1.29, 1.82) is 0 Å². The molecule has 14 heavy (non-hydrogen) atoms. The Morgan fingerprint density at radius 3 is 2.57 bits per heavy atom. The molecule has 0 amide bonds. The van der Waals surface area contributed by atoms with E-state index >= 15 is 0 Å². The summed E-state index contributed by atoms with van der Waals surface area (Å²) < 4.78 is 31.3. The lowest BCUT2D eigenvalue weighted by Gasteiger charge is -2.15. The average molecular weight is 201 g/mol. The first kappa shape index (κ1) is 10.9. The van der Waals surface area contributed by atoms with Crippen molar-refractivity contribution >= 4 is 0 Å². The Kier molecular flexibility index (Phi) is 3.06. The van der Waals surface area contributed by atoms with Gasteiger partial charge in [0.2, 0.25) is 0 Å². The van der Waals surface area contributed by atoms with Crippen molar-refractivity contribution < 1.29 is 13.5 Å². The second-order valence-corrected chi connectivity index (χ2v) is 3.09. The van der Waals surface area contributed by atoms with Gasteiger partial charge in [0.1, 0.15) is 5.75 Å². The van der Waals surface area contributed by atoms with Gasteiger partial charge in [-0.1, -0.05) is 12.1 Å². The minimum absolute atomic E-state index is 0.109. The summed E-state index contributed by atoms with van der Waals surface area (Å²) in [6.45, 7) is 1.10. The van der Waals surface area contributed by atoms with E-state index in [1.54, 1.807) is 13.0 Å². The maximum absolute atomic E-state index is 13.2. The predicted molar refractivity (Wildman–Crippen MR) is 50.7 cm³/mol. The zero-order chi connectivity index (χ0) is 10.8. The van der Waals surface area contributed by atoms with E-state index in [9.17, 15) is 8.78 Å². The highest BCUT2D eigenvalue weighted by atomic mass is 19.3. The Balaban J connectivity index is 3.12. The number of aryl methyl sites for hydroxylation is 1. The van der Waals surface area contributed by atoms with Gasteiger partial charge in [0.25, 0.3) is 5.92 Å². The zero-order valence-electron chi connectivity index (χ0n) is 8.18. The van der Waals surface area contributed by atoms with Crippen LogP contribution in [0.5, 0.6) is 5.75 Å². The molecular weight excluding hydrogens is 188 g/mol. The van der Waals surface area contributed by atoms with Crippen LogP contribution in [-0.2, 0) is 5.92 Å². The van der Waals surface area contributed by atoms with Gasteiger partial charge in [0, 0.05) is 5.56 Å². The highest BCUT2D eigenvalue weighted by Crippen LogP contribution is 2.30. The quantitative estimate of drug-likeness (QED) is 0.812. The largest absolute Gasteiger partial charge is 0.496 e. The van der Waals surface area contributed by atoms with Crippen molar-refractivity contribution in [2.45, 2.75) is 12.8 Å². The lowest BCUT2D eigenvalue weighted by atomic mass is 10.1. The maximum Gasteiger partial charge on any atom is 0.285 e. The first-order chi connectivity index (χ1) is 6.51. The predicted octanol–water partition coefficient (Wildman–Crippen LogP) is 2.05. The molecule has 0 aliphatic carbocycles. The topological polar surface area (TPSA) is 35.2 Å². The van der Waals surface area contributed by atoms with Crippen LogP contribution in [0.1, 0.15) is 11.1 Å². The fourth-order valence-electron chi connectivity index (χ4n) is 1.17. The van der Waals surface area contributed by atoms with Crippen molar-refractivity contribution in [2.75, 3.05) is 13.7 Å². The minimum atomic E-state index is -2.99. The SMILES string of the molecule is COc1cc(C(F)(F)CN)ccc1C. The number of halogens is 2. The molecular formula is C10H13F2NO. The third-order valence-electron chi connectivity index (χ3n) is 2.09. The molecule has 1 aromatic rings. The van der Waals surface area contributed by atoms with E-state index in [0.717, 1.165) is 5.56 Å². The first-order valence-electron chi connectivity index (χ1n) is 4.24. The van der Waals surface area contributed by atoms with E-state index in [4.69, 9.17) is 10.5 Å². The Morgan fingerprint density at radius 2 is 2.07 bits per heavy atom. The number of benzene rings is 1. The van der Waals surface area contributed by atoms with Gasteiger partial charge >= 0.3 is 0 Å². The third kappa shape index (κ3) is 2.01. The molecule has 0 radical (unpaired) electrons. The van der Waals surface area contributed by atoms with E-state index in [1.807, 2.05) is 0 Å². The summed E-state index contributed by atoms with van der Waals surface area (Å²) in [6, 6.07) is 4.28. The van der Waals surface area contributed by atoms with Crippen LogP contribution >= 0.6 is 0 Å². The van der Waals surface area contributed by atoms with Crippen LogP contribution in [0.3, 0.4) is 0 Å². The van der Waals surface area contributed by atoms with Crippen molar-refractivity contribution in [3.63, 3.8) is 0 Å². The number of rotatable bonds is 3. The normalized spacial score (nSPS) is 11.5. The molecule has 1 aromatic carbocycles. The van der Waals surface area contributed by atoms with Crippen LogP contribution in [0.4, 0.5) is 8.78 Å². The first-order valence-corrected chi connectivity index (χ1v) is 4.24. The van der Waals surface area contributed by atoms with Crippen molar-refractivity contribution in [2.24, 2.45) is 5.73 Å². The Bertz CT molecular complexity index is 326. The molecule has 0 fully saturated rings. The van der Waals surface area contributed by atoms with Gasteiger partial charge in [-0.25, -0.2) is 0 Å². The van der Waals surface area contributed by atoms with E-state index in [-0.39, 0.29) is 5.56 Å². The monoisotopic (exact) mass is 201 g/mol. The standard InChI is InChI=1S/C10H13F2NO/c1-7-3-4-8(5-9(7)14-2)10(11,12)6-13/h3-5H,6,13H2,1-2H3. The molecule has 4 heteroatoms. The van der Waals surface area contributed by atoms with Crippen LogP contribution in [0.2, 0.25) is 0 Å². The molecule has 0 aliphatic rings. The highest BCUT2D eigenvalue weighted by molar-refractivity contribution is 5.38. The molecule has 0 unspecified atom stereocenters. The summed E-state index contributed by atoms with van der Waals surface area (Å²) in [5.74, 6) is -2.53. The van der Waals surface area contributed by atoms with E-state index in [1.165, 1.54) is 19.2 Å². The third-order valence-corrected chi connectivity index (χ3v) is 2.09. The van der Waals surface area contributed by atoms with Gasteiger partial charge in [-0.2, -0.15) is 8.78 Å². The molecule has 1 rings (SSSR count). The average Bonchev–Trinajstić information content (AvgIpc) is 2.18. The lowest BCUT2D eigenvalue weighted by Crippen LogP contribution is -2.25. The van der Waals surface area contributed by atoms with E-state index in [2.05, 4.69) is 0 Å². The van der Waals surface area contributed by atoms with Gasteiger partial charge in [-0.3, -0.25) is 0 Å². The molecule has 0 bridgehead atoms. The fraction of sp³-hybridized carbons (Fsp3) is 0.400. The number of methoxy groups -OCH3 is 1. The summed E-state index contributed by atoms with van der Waals surface area (Å²) in [4.78, 5) is 0. The summed E-state index contributed by atoms with van der Waals surface area (Å²) in [7, 11) is 1.45. The molecule has 0 saturated heterocycles. The second-order valence-electron chi connectivity index (χ2n) is 3.09. The summed E-state index contributed by atoms with van der Waals surface area (Å²) in [5.41, 5.74) is 5.69. The Hall–Kier alpha value is -1.16. The van der Waals surface area contributed by atoms with Crippen LogP contribution in [0, 0.1) is 6.92 Å². The molecule has 78 valence electrons. The summed E-state index contributed by atoms with van der Waals surface area (Å²) in [5, 5.41) is 0. The molecule has 0 atom stereocenters. The number of hydrogen-bond acceptors (Lipinski definition) is 2. The van der Waals surface area contributed by atoms with Gasteiger partial charge in [0.15, 0.2) is 0 Å². The molecule has 0 saturated carbocycles. The molecule has 0 heterocycles. The minimum Gasteiger partial charge on any atom is -0.496 e. The summed E-state index contributed by atoms with van der Waals surface area (Å²) >= 11 is 0. The van der Waals surface area contributed by atoms with Crippen LogP contribution in [-0.4, -0.2) is 13.7 Å². The van der Waals surface area contributed by atoms with Gasteiger partial charge < -0.3 is 10.5 Å². The van der Waals surface area contributed by atoms with Gasteiger partial charge in [-0.05, 0) is 18.6 Å². The highest BCUT2D eigenvalue weighted by Gasteiger charge is 2.29. The van der Waals surface area contributed by atoms with Crippen molar-refractivity contribution in [3.05, 3.63) is 29.3 Å². The van der Waals surface area contributed by atoms with Crippen molar-refractivity contribution in [1.82, 2.24) is 0 Å².